The van der Waals surface area contributed by atoms with Crippen LogP contribution in [0.2, 0.25) is 0 Å². The average Bonchev–Trinajstić information content (AvgIpc) is 2.97. The molecule has 1 saturated carbocycles. The highest BCUT2D eigenvalue weighted by Crippen LogP contribution is 2.44. The van der Waals surface area contributed by atoms with Crippen molar-refractivity contribution in [2.75, 3.05) is 0 Å². The molecule has 1 nitrogen and oxygen atoms in total. The second kappa shape index (κ2) is 3.29. The molecule has 0 bridgehead atoms. The monoisotopic (exact) mass is 222 g/mol. The van der Waals surface area contributed by atoms with E-state index in [1.54, 1.807) is 6.07 Å². The smallest absolute Gasteiger partial charge is 0.124 e. The summed E-state index contributed by atoms with van der Waals surface area (Å²) in [5.74, 6) is 0.222. The van der Waals surface area contributed by atoms with E-state index in [0.717, 1.165) is 27.8 Å². The number of halogens is 1. The summed E-state index contributed by atoms with van der Waals surface area (Å²) in [5, 5.41) is 11.0. The summed E-state index contributed by atoms with van der Waals surface area (Å²) in [7, 11) is 0. The van der Waals surface area contributed by atoms with Gasteiger partial charge >= 0.3 is 0 Å². The van der Waals surface area contributed by atoms with Crippen LogP contribution < -0.4 is 0 Å². The Bertz CT molecular complexity index is 501. The van der Waals surface area contributed by atoms with Gasteiger partial charge in [-0.1, -0.05) is 6.07 Å². The molecule has 78 valence electrons. The van der Waals surface area contributed by atoms with Gasteiger partial charge in [-0.25, -0.2) is 4.39 Å². The molecule has 3 rings (SSSR count). The van der Waals surface area contributed by atoms with Crippen LogP contribution in [-0.4, -0.2) is 5.11 Å². The van der Waals surface area contributed by atoms with Crippen LogP contribution in [0.1, 0.15) is 23.8 Å². The topological polar surface area (TPSA) is 20.2 Å². The zero-order valence-electron chi connectivity index (χ0n) is 8.11. The lowest BCUT2D eigenvalue weighted by Crippen LogP contribution is -1.95. The Hall–Kier alpha value is -0.930. The van der Waals surface area contributed by atoms with Gasteiger partial charge in [0.25, 0.3) is 0 Å². The van der Waals surface area contributed by atoms with E-state index in [-0.39, 0.29) is 11.9 Å². The van der Waals surface area contributed by atoms with Gasteiger partial charge in [0.2, 0.25) is 0 Å². The van der Waals surface area contributed by atoms with E-state index in [9.17, 15) is 9.50 Å². The predicted octanol–water partition coefficient (Wildman–Crippen LogP) is 3.48. The SMILES string of the molecule is OC(c1cc2ccc(F)cc2s1)C1CC1. The molecule has 0 amide bonds. The molecule has 1 aliphatic rings. The Morgan fingerprint density at radius 3 is 2.87 bits per heavy atom. The quantitative estimate of drug-likeness (QED) is 0.824. The highest BCUT2D eigenvalue weighted by atomic mass is 32.1. The molecule has 1 aromatic heterocycles. The van der Waals surface area contributed by atoms with Gasteiger partial charge in [-0.15, -0.1) is 11.3 Å². The molecule has 2 aromatic rings. The Labute approximate surface area is 91.2 Å². The second-order valence-corrected chi connectivity index (χ2v) is 5.23. The zero-order chi connectivity index (χ0) is 10.4. The molecule has 3 heteroatoms. The largest absolute Gasteiger partial charge is 0.387 e. The fourth-order valence-electron chi connectivity index (χ4n) is 1.82. The number of fused-ring (bicyclic) bond motifs is 1. The minimum atomic E-state index is -0.342. The number of aliphatic hydroxyl groups is 1. The van der Waals surface area contributed by atoms with Crippen molar-refractivity contribution in [3.05, 3.63) is 35.0 Å². The molecule has 15 heavy (non-hydrogen) atoms. The van der Waals surface area contributed by atoms with Crippen LogP contribution in [0.5, 0.6) is 0 Å². The zero-order valence-corrected chi connectivity index (χ0v) is 8.93. The first-order valence-corrected chi connectivity index (χ1v) is 5.93. The van der Waals surface area contributed by atoms with Crippen LogP contribution in [0.15, 0.2) is 24.3 Å². The third-order valence-electron chi connectivity index (χ3n) is 2.86. The molecular formula is C12H11FOS. The van der Waals surface area contributed by atoms with Crippen LogP contribution in [0, 0.1) is 11.7 Å². The maximum absolute atomic E-state index is 13.0. The van der Waals surface area contributed by atoms with E-state index in [2.05, 4.69) is 0 Å². The van der Waals surface area contributed by atoms with Crippen LogP contribution in [-0.2, 0) is 0 Å². The van der Waals surface area contributed by atoms with E-state index in [4.69, 9.17) is 0 Å². The summed E-state index contributed by atoms with van der Waals surface area (Å²) in [6, 6.07) is 6.73. The van der Waals surface area contributed by atoms with E-state index < -0.39 is 0 Å². The van der Waals surface area contributed by atoms with Crippen LogP contribution in [0.4, 0.5) is 4.39 Å². The minimum Gasteiger partial charge on any atom is -0.387 e. The third-order valence-corrected chi connectivity index (χ3v) is 4.03. The maximum Gasteiger partial charge on any atom is 0.124 e. The Balaban J connectivity index is 2.05. The molecule has 0 radical (unpaired) electrons. The summed E-state index contributed by atoms with van der Waals surface area (Å²) in [4.78, 5) is 0.970. The lowest BCUT2D eigenvalue weighted by molar-refractivity contribution is 0.157. The molecule has 1 fully saturated rings. The molecule has 0 aliphatic heterocycles. The summed E-state index contributed by atoms with van der Waals surface area (Å²) in [6.07, 6.45) is 1.89. The van der Waals surface area contributed by atoms with Crippen molar-refractivity contribution in [1.29, 1.82) is 0 Å². The van der Waals surface area contributed by atoms with E-state index in [1.165, 1.54) is 23.5 Å². The maximum atomic E-state index is 13.0. The van der Waals surface area contributed by atoms with Crippen molar-refractivity contribution < 1.29 is 9.50 Å². The van der Waals surface area contributed by atoms with E-state index in [0.29, 0.717) is 5.92 Å². The highest BCUT2D eigenvalue weighted by molar-refractivity contribution is 7.19. The normalized spacial score (nSPS) is 18.3. The number of rotatable bonds is 2. The lowest BCUT2D eigenvalue weighted by atomic mass is 10.2. The van der Waals surface area contributed by atoms with Crippen molar-refractivity contribution in [1.82, 2.24) is 0 Å². The minimum absolute atomic E-state index is 0.211. The first-order valence-electron chi connectivity index (χ1n) is 5.11. The predicted molar refractivity (Wildman–Crippen MR) is 59.5 cm³/mol. The fourth-order valence-corrected chi connectivity index (χ4v) is 2.98. The standard InChI is InChI=1S/C12H11FOS/c13-9-4-3-8-5-11(15-10(8)6-9)12(14)7-1-2-7/h3-7,12,14H,1-2H2. The van der Waals surface area contributed by atoms with Crippen molar-refractivity contribution in [2.24, 2.45) is 5.92 Å². The van der Waals surface area contributed by atoms with Crippen LogP contribution in [0.3, 0.4) is 0 Å². The summed E-state index contributed by atoms with van der Waals surface area (Å²) in [6.45, 7) is 0. The molecule has 1 N–H and O–H groups in total. The number of thiophene rings is 1. The molecule has 1 aliphatic carbocycles. The number of hydrogen-bond donors (Lipinski definition) is 1. The molecule has 1 aromatic carbocycles. The summed E-state index contributed by atoms with van der Waals surface area (Å²) < 4.78 is 13.9. The second-order valence-electron chi connectivity index (χ2n) is 4.11. The summed E-state index contributed by atoms with van der Waals surface area (Å²) in [5.41, 5.74) is 0. The van der Waals surface area contributed by atoms with Crippen molar-refractivity contribution in [3.63, 3.8) is 0 Å². The van der Waals surface area contributed by atoms with Gasteiger partial charge in [0, 0.05) is 9.58 Å². The number of aliphatic hydroxyl groups excluding tert-OH is 1. The average molecular weight is 222 g/mol. The van der Waals surface area contributed by atoms with Gasteiger partial charge in [0.05, 0.1) is 6.10 Å². The van der Waals surface area contributed by atoms with Crippen LogP contribution in [0.25, 0.3) is 10.1 Å². The van der Waals surface area contributed by atoms with Crippen molar-refractivity contribution >= 4 is 21.4 Å². The Morgan fingerprint density at radius 1 is 1.33 bits per heavy atom. The van der Waals surface area contributed by atoms with Gasteiger partial charge in [0.1, 0.15) is 5.82 Å². The molecular weight excluding hydrogens is 211 g/mol. The Kier molecular flexibility index (Phi) is 2.04. The third kappa shape index (κ3) is 1.66. The first kappa shape index (κ1) is 9.31. The van der Waals surface area contributed by atoms with E-state index in [1.807, 2.05) is 6.07 Å². The first-order chi connectivity index (χ1) is 7.24. The molecule has 1 unspecified atom stereocenters. The number of hydrogen-bond acceptors (Lipinski definition) is 2. The van der Waals surface area contributed by atoms with Crippen molar-refractivity contribution in [3.8, 4) is 0 Å². The van der Waals surface area contributed by atoms with Crippen LogP contribution >= 0.6 is 11.3 Å². The molecule has 0 spiro atoms. The van der Waals surface area contributed by atoms with Gasteiger partial charge in [-0.05, 0) is 42.3 Å². The molecule has 1 heterocycles. The fraction of sp³-hybridized carbons (Fsp3) is 0.333. The van der Waals surface area contributed by atoms with Gasteiger partial charge in [0.15, 0.2) is 0 Å². The number of benzene rings is 1. The van der Waals surface area contributed by atoms with Gasteiger partial charge in [-0.2, -0.15) is 0 Å². The molecule has 1 atom stereocenters. The van der Waals surface area contributed by atoms with Crippen molar-refractivity contribution in [2.45, 2.75) is 18.9 Å². The summed E-state index contributed by atoms with van der Waals surface area (Å²) >= 11 is 1.50. The van der Waals surface area contributed by atoms with E-state index >= 15 is 0 Å². The molecule has 0 saturated heterocycles. The van der Waals surface area contributed by atoms with Gasteiger partial charge < -0.3 is 5.11 Å². The lowest BCUT2D eigenvalue weighted by Gasteiger charge is -2.03. The highest BCUT2D eigenvalue weighted by Gasteiger charge is 2.31. The Morgan fingerprint density at radius 2 is 2.13 bits per heavy atom. The van der Waals surface area contributed by atoms with Gasteiger partial charge in [-0.3, -0.25) is 0 Å².